The summed E-state index contributed by atoms with van der Waals surface area (Å²) in [5, 5.41) is 0. The molecule has 6 heteroatoms. The smallest absolute Gasteiger partial charge is 0.238 e. The molecule has 1 aliphatic heterocycles. The summed E-state index contributed by atoms with van der Waals surface area (Å²) in [7, 11) is 1.53. The molecule has 6 nitrogen and oxygen atoms in total. The molecular weight excluding hydrogens is 232 g/mol. The number of pyridine rings is 1. The minimum Gasteiger partial charge on any atom is -0.479 e. The van der Waals surface area contributed by atoms with Gasteiger partial charge in [0.2, 0.25) is 11.8 Å². The van der Waals surface area contributed by atoms with Crippen molar-refractivity contribution in [3.63, 3.8) is 0 Å². The van der Waals surface area contributed by atoms with Gasteiger partial charge in [-0.15, -0.1) is 0 Å². The minimum atomic E-state index is -0.248. The number of nitrogen functional groups attached to an aromatic ring is 1. The van der Waals surface area contributed by atoms with Gasteiger partial charge in [0.25, 0.3) is 0 Å². The monoisotopic (exact) mass is 250 g/mol. The second kappa shape index (κ2) is 5.12. The summed E-state index contributed by atoms with van der Waals surface area (Å²) in [5.41, 5.74) is 11.6. The molecule has 2 rings (SSSR count). The van der Waals surface area contributed by atoms with Gasteiger partial charge in [-0.3, -0.25) is 4.79 Å². The molecule has 0 aromatic carbocycles. The lowest BCUT2D eigenvalue weighted by Crippen LogP contribution is -2.41. The van der Waals surface area contributed by atoms with E-state index in [0.29, 0.717) is 18.1 Å². The third kappa shape index (κ3) is 2.47. The number of rotatable bonds is 3. The zero-order valence-electron chi connectivity index (χ0n) is 10.4. The van der Waals surface area contributed by atoms with Gasteiger partial charge in [-0.05, 0) is 25.0 Å². The SMILES string of the molecule is COc1nc(N2CCCC(C(N)=O)C2)ccc1N. The molecule has 0 spiro atoms. The number of primary amides is 1. The van der Waals surface area contributed by atoms with Crippen molar-refractivity contribution >= 4 is 17.4 Å². The molecule has 1 fully saturated rings. The van der Waals surface area contributed by atoms with Gasteiger partial charge in [0, 0.05) is 13.1 Å². The van der Waals surface area contributed by atoms with Crippen LogP contribution in [0.3, 0.4) is 0 Å². The average molecular weight is 250 g/mol. The number of carbonyl (C=O) groups is 1. The number of ether oxygens (including phenoxy) is 1. The molecule has 0 bridgehead atoms. The number of methoxy groups -OCH3 is 1. The molecule has 1 unspecified atom stereocenters. The maximum Gasteiger partial charge on any atom is 0.238 e. The average Bonchev–Trinajstić information content (AvgIpc) is 2.39. The van der Waals surface area contributed by atoms with E-state index in [9.17, 15) is 4.79 Å². The predicted octanol–water partition coefficient (Wildman–Crippen LogP) is 0.374. The van der Waals surface area contributed by atoms with Crippen molar-refractivity contribution in [2.24, 2.45) is 11.7 Å². The Morgan fingerprint density at radius 1 is 1.56 bits per heavy atom. The molecule has 0 aliphatic carbocycles. The van der Waals surface area contributed by atoms with Crippen molar-refractivity contribution < 1.29 is 9.53 Å². The van der Waals surface area contributed by atoms with Crippen LogP contribution in [0.4, 0.5) is 11.5 Å². The van der Waals surface area contributed by atoms with E-state index in [0.717, 1.165) is 25.2 Å². The van der Waals surface area contributed by atoms with Crippen LogP contribution < -0.4 is 21.1 Å². The molecule has 98 valence electrons. The summed E-state index contributed by atoms with van der Waals surface area (Å²) in [6.07, 6.45) is 1.78. The Bertz CT molecular complexity index is 450. The van der Waals surface area contributed by atoms with Crippen LogP contribution in [0.25, 0.3) is 0 Å². The van der Waals surface area contributed by atoms with Gasteiger partial charge in [0.15, 0.2) is 0 Å². The van der Waals surface area contributed by atoms with Crippen molar-refractivity contribution in [1.29, 1.82) is 0 Å². The van der Waals surface area contributed by atoms with Crippen molar-refractivity contribution in [1.82, 2.24) is 4.98 Å². The Morgan fingerprint density at radius 2 is 2.33 bits per heavy atom. The fraction of sp³-hybridized carbons (Fsp3) is 0.500. The standard InChI is InChI=1S/C12H18N4O2/c1-18-12-9(13)4-5-10(15-12)16-6-2-3-8(7-16)11(14)17/h4-5,8H,2-3,6-7,13H2,1H3,(H2,14,17). The lowest BCUT2D eigenvalue weighted by atomic mass is 9.97. The van der Waals surface area contributed by atoms with E-state index in [2.05, 4.69) is 4.98 Å². The van der Waals surface area contributed by atoms with Crippen LogP contribution in [-0.2, 0) is 4.79 Å². The molecule has 1 saturated heterocycles. The highest BCUT2D eigenvalue weighted by Crippen LogP contribution is 2.26. The van der Waals surface area contributed by atoms with Crippen molar-refractivity contribution in [3.8, 4) is 5.88 Å². The van der Waals surface area contributed by atoms with E-state index in [1.54, 1.807) is 6.07 Å². The number of hydrogen-bond donors (Lipinski definition) is 2. The van der Waals surface area contributed by atoms with Crippen LogP contribution in [0.2, 0.25) is 0 Å². The number of hydrogen-bond acceptors (Lipinski definition) is 5. The third-order valence-electron chi connectivity index (χ3n) is 3.22. The first-order chi connectivity index (χ1) is 8.61. The molecule has 1 aromatic heterocycles. The van der Waals surface area contributed by atoms with Gasteiger partial charge < -0.3 is 21.1 Å². The number of amides is 1. The first kappa shape index (κ1) is 12.5. The van der Waals surface area contributed by atoms with Crippen LogP contribution in [0.1, 0.15) is 12.8 Å². The summed E-state index contributed by atoms with van der Waals surface area (Å²) in [6.45, 7) is 1.47. The number of nitrogens with zero attached hydrogens (tertiary/aromatic N) is 2. The summed E-state index contributed by atoms with van der Waals surface area (Å²) >= 11 is 0. The van der Waals surface area contributed by atoms with Crippen molar-refractivity contribution in [3.05, 3.63) is 12.1 Å². The number of anilines is 2. The van der Waals surface area contributed by atoms with E-state index in [1.807, 2.05) is 11.0 Å². The van der Waals surface area contributed by atoms with Gasteiger partial charge >= 0.3 is 0 Å². The lowest BCUT2D eigenvalue weighted by molar-refractivity contribution is -0.122. The second-order valence-corrected chi connectivity index (χ2v) is 4.46. The normalized spacial score (nSPS) is 19.6. The van der Waals surface area contributed by atoms with E-state index >= 15 is 0 Å². The zero-order chi connectivity index (χ0) is 13.1. The highest BCUT2D eigenvalue weighted by atomic mass is 16.5. The summed E-state index contributed by atoms with van der Waals surface area (Å²) in [5.74, 6) is 0.826. The number of nitrogens with two attached hydrogens (primary N) is 2. The topological polar surface area (TPSA) is 94.5 Å². The molecule has 1 aromatic rings. The first-order valence-corrected chi connectivity index (χ1v) is 5.96. The predicted molar refractivity (Wildman–Crippen MR) is 69.3 cm³/mol. The second-order valence-electron chi connectivity index (χ2n) is 4.46. The number of piperidine rings is 1. The Balaban J connectivity index is 2.18. The fourth-order valence-electron chi connectivity index (χ4n) is 2.20. The van der Waals surface area contributed by atoms with Gasteiger partial charge in [0.1, 0.15) is 5.82 Å². The Morgan fingerprint density at radius 3 is 3.00 bits per heavy atom. The Kier molecular flexibility index (Phi) is 3.55. The molecular formula is C12H18N4O2. The molecule has 0 radical (unpaired) electrons. The maximum absolute atomic E-state index is 11.2. The Hall–Kier alpha value is -1.98. The van der Waals surface area contributed by atoms with Crippen LogP contribution in [0.5, 0.6) is 5.88 Å². The van der Waals surface area contributed by atoms with Gasteiger partial charge in [-0.1, -0.05) is 0 Å². The van der Waals surface area contributed by atoms with Gasteiger partial charge in [-0.25, -0.2) is 0 Å². The highest BCUT2D eigenvalue weighted by Gasteiger charge is 2.25. The fourth-order valence-corrected chi connectivity index (χ4v) is 2.20. The van der Waals surface area contributed by atoms with E-state index in [4.69, 9.17) is 16.2 Å². The molecule has 0 saturated carbocycles. The molecule has 2 heterocycles. The first-order valence-electron chi connectivity index (χ1n) is 5.96. The zero-order valence-corrected chi connectivity index (χ0v) is 10.4. The number of aromatic nitrogens is 1. The summed E-state index contributed by atoms with van der Waals surface area (Å²) < 4.78 is 5.10. The Labute approximate surface area is 106 Å². The van der Waals surface area contributed by atoms with Crippen molar-refractivity contribution in [2.75, 3.05) is 30.8 Å². The van der Waals surface area contributed by atoms with E-state index in [1.165, 1.54) is 7.11 Å². The number of carbonyl (C=O) groups excluding carboxylic acids is 1. The molecule has 1 aliphatic rings. The largest absolute Gasteiger partial charge is 0.479 e. The van der Waals surface area contributed by atoms with Crippen LogP contribution >= 0.6 is 0 Å². The third-order valence-corrected chi connectivity index (χ3v) is 3.22. The van der Waals surface area contributed by atoms with E-state index < -0.39 is 0 Å². The molecule has 1 atom stereocenters. The van der Waals surface area contributed by atoms with Gasteiger partial charge in [0.05, 0.1) is 18.7 Å². The summed E-state index contributed by atoms with van der Waals surface area (Å²) in [4.78, 5) is 17.6. The maximum atomic E-state index is 11.2. The lowest BCUT2D eigenvalue weighted by Gasteiger charge is -2.32. The highest BCUT2D eigenvalue weighted by molar-refractivity contribution is 5.77. The molecule has 4 N–H and O–H groups in total. The minimum absolute atomic E-state index is 0.107. The van der Waals surface area contributed by atoms with Crippen LogP contribution in [0.15, 0.2) is 12.1 Å². The molecule has 1 amide bonds. The quantitative estimate of drug-likeness (QED) is 0.808. The van der Waals surface area contributed by atoms with Crippen LogP contribution in [-0.4, -0.2) is 31.1 Å². The van der Waals surface area contributed by atoms with E-state index in [-0.39, 0.29) is 11.8 Å². The molecule has 18 heavy (non-hydrogen) atoms. The van der Waals surface area contributed by atoms with Crippen LogP contribution in [0, 0.1) is 5.92 Å². The summed E-state index contributed by atoms with van der Waals surface area (Å²) in [6, 6.07) is 3.59. The van der Waals surface area contributed by atoms with Crippen molar-refractivity contribution in [2.45, 2.75) is 12.8 Å². The van der Waals surface area contributed by atoms with Gasteiger partial charge in [-0.2, -0.15) is 4.98 Å².